The van der Waals surface area contributed by atoms with Crippen molar-refractivity contribution in [3.8, 4) is 11.5 Å². The number of thiophene rings is 1. The van der Waals surface area contributed by atoms with E-state index in [1.165, 1.54) is 0 Å². The predicted molar refractivity (Wildman–Crippen MR) is 120 cm³/mol. The van der Waals surface area contributed by atoms with E-state index in [9.17, 15) is 13.2 Å². The topological polar surface area (TPSA) is 88.5 Å². The van der Waals surface area contributed by atoms with Gasteiger partial charge in [0.15, 0.2) is 21.3 Å². The Labute approximate surface area is 186 Å². The molecule has 0 bridgehead atoms. The van der Waals surface area contributed by atoms with Gasteiger partial charge in [0, 0.05) is 19.5 Å². The van der Waals surface area contributed by atoms with Gasteiger partial charge < -0.3 is 9.47 Å². The van der Waals surface area contributed by atoms with E-state index in [1.54, 1.807) is 30.6 Å². The van der Waals surface area contributed by atoms with E-state index in [0.717, 1.165) is 16.2 Å². The maximum absolute atomic E-state index is 13.2. The van der Waals surface area contributed by atoms with Crippen LogP contribution in [0.3, 0.4) is 0 Å². The van der Waals surface area contributed by atoms with E-state index in [0.29, 0.717) is 31.0 Å². The van der Waals surface area contributed by atoms with Crippen LogP contribution in [0.25, 0.3) is 0 Å². The van der Waals surface area contributed by atoms with Crippen molar-refractivity contribution in [2.24, 2.45) is 5.10 Å². The zero-order valence-electron chi connectivity index (χ0n) is 17.5. The van der Waals surface area contributed by atoms with E-state index in [1.807, 2.05) is 40.6 Å². The molecule has 1 unspecified atom stereocenters. The molecule has 1 atom stereocenters. The van der Waals surface area contributed by atoms with Crippen LogP contribution in [-0.4, -0.2) is 75.3 Å². The van der Waals surface area contributed by atoms with Gasteiger partial charge in [-0.2, -0.15) is 5.10 Å². The molecule has 8 nitrogen and oxygen atoms in total. The molecule has 1 fully saturated rings. The number of hydrazone groups is 1. The van der Waals surface area contributed by atoms with Crippen molar-refractivity contribution >= 4 is 32.8 Å². The molecule has 2 aromatic rings. The summed E-state index contributed by atoms with van der Waals surface area (Å²) in [6.45, 7) is 0.870. The molecule has 166 valence electrons. The Balaban J connectivity index is 1.59. The molecule has 4 rings (SSSR count). The lowest BCUT2D eigenvalue weighted by atomic mass is 10.0. The predicted octanol–water partition coefficient (Wildman–Crippen LogP) is 2.17. The van der Waals surface area contributed by atoms with Crippen LogP contribution < -0.4 is 9.47 Å². The Morgan fingerprint density at radius 3 is 2.55 bits per heavy atom. The van der Waals surface area contributed by atoms with Gasteiger partial charge >= 0.3 is 0 Å². The van der Waals surface area contributed by atoms with Gasteiger partial charge in [-0.15, -0.1) is 11.3 Å². The lowest BCUT2D eigenvalue weighted by Gasteiger charge is -2.29. The number of ether oxygens (including phenoxy) is 2. The Bertz CT molecular complexity index is 1070. The number of carbonyl (C=O) groups excluding carboxylic acids is 1. The molecule has 0 aliphatic carbocycles. The van der Waals surface area contributed by atoms with Gasteiger partial charge in [-0.05, 0) is 29.1 Å². The van der Waals surface area contributed by atoms with E-state index in [2.05, 4.69) is 5.10 Å². The normalized spacial score (nSPS) is 21.0. The van der Waals surface area contributed by atoms with Crippen molar-refractivity contribution < 1.29 is 22.7 Å². The first kappa shape index (κ1) is 21.8. The average Bonchev–Trinajstić information content (AvgIpc) is 3.44. The van der Waals surface area contributed by atoms with Crippen molar-refractivity contribution in [3.05, 3.63) is 46.2 Å². The Kier molecular flexibility index (Phi) is 6.31. The summed E-state index contributed by atoms with van der Waals surface area (Å²) in [4.78, 5) is 16.1. The molecule has 0 saturated carbocycles. The van der Waals surface area contributed by atoms with Crippen LogP contribution >= 0.6 is 11.3 Å². The molecule has 2 aliphatic heterocycles. The fourth-order valence-electron chi connectivity index (χ4n) is 3.82. The maximum atomic E-state index is 13.2. The summed E-state index contributed by atoms with van der Waals surface area (Å²) in [5.41, 5.74) is 1.77. The highest BCUT2D eigenvalue weighted by Crippen LogP contribution is 2.38. The SMILES string of the molecule is COc1ccc(C2CC(c3cccs3)=NN2C(=O)CN2CCS(=O)(=O)CC2)cc1OC. The lowest BCUT2D eigenvalue weighted by Crippen LogP contribution is -2.45. The molecule has 1 amide bonds. The second kappa shape index (κ2) is 8.97. The molecule has 3 heterocycles. The van der Waals surface area contributed by atoms with Gasteiger partial charge in [0.1, 0.15) is 0 Å². The van der Waals surface area contributed by atoms with E-state index in [4.69, 9.17) is 9.47 Å². The molecule has 1 aromatic carbocycles. The third-order valence-electron chi connectivity index (χ3n) is 5.56. The molecule has 1 saturated heterocycles. The quantitative estimate of drug-likeness (QED) is 0.653. The molecular formula is C21H25N3O5S2. The zero-order chi connectivity index (χ0) is 22.0. The number of hydrogen-bond donors (Lipinski definition) is 0. The van der Waals surface area contributed by atoms with Gasteiger partial charge in [-0.3, -0.25) is 9.69 Å². The average molecular weight is 464 g/mol. The molecular weight excluding hydrogens is 438 g/mol. The highest BCUT2D eigenvalue weighted by atomic mass is 32.2. The second-order valence-electron chi connectivity index (χ2n) is 7.52. The van der Waals surface area contributed by atoms with Crippen LogP contribution in [0.1, 0.15) is 22.9 Å². The first-order valence-electron chi connectivity index (χ1n) is 9.98. The smallest absolute Gasteiger partial charge is 0.257 e. The summed E-state index contributed by atoms with van der Waals surface area (Å²) >= 11 is 1.59. The van der Waals surface area contributed by atoms with Crippen molar-refractivity contribution in [3.63, 3.8) is 0 Å². The van der Waals surface area contributed by atoms with Gasteiger partial charge in [0.2, 0.25) is 0 Å². The molecule has 0 N–H and O–H groups in total. The summed E-state index contributed by atoms with van der Waals surface area (Å²) in [7, 11) is 0.168. The third-order valence-corrected chi connectivity index (χ3v) is 8.09. The van der Waals surface area contributed by atoms with Gasteiger partial charge in [-0.1, -0.05) is 12.1 Å². The van der Waals surface area contributed by atoms with E-state index >= 15 is 0 Å². The Morgan fingerprint density at radius 2 is 1.90 bits per heavy atom. The third kappa shape index (κ3) is 4.76. The van der Waals surface area contributed by atoms with Crippen LogP contribution in [0.5, 0.6) is 11.5 Å². The fourth-order valence-corrected chi connectivity index (χ4v) is 5.82. The van der Waals surface area contributed by atoms with Crippen molar-refractivity contribution in [2.75, 3.05) is 45.4 Å². The molecule has 0 radical (unpaired) electrons. The zero-order valence-corrected chi connectivity index (χ0v) is 19.1. The van der Waals surface area contributed by atoms with Gasteiger partial charge in [0.05, 0.1) is 48.9 Å². The fraction of sp³-hybridized carbons (Fsp3) is 0.429. The first-order chi connectivity index (χ1) is 14.9. The Hall–Kier alpha value is -2.43. The molecule has 0 spiro atoms. The van der Waals surface area contributed by atoms with Crippen LogP contribution in [0.4, 0.5) is 0 Å². The van der Waals surface area contributed by atoms with E-state index < -0.39 is 9.84 Å². The maximum Gasteiger partial charge on any atom is 0.257 e. The van der Waals surface area contributed by atoms with Crippen LogP contribution in [-0.2, 0) is 14.6 Å². The number of amides is 1. The number of rotatable bonds is 6. The number of carbonyl (C=O) groups is 1. The van der Waals surface area contributed by atoms with E-state index in [-0.39, 0.29) is 30.0 Å². The van der Waals surface area contributed by atoms with Gasteiger partial charge in [-0.25, -0.2) is 13.4 Å². The van der Waals surface area contributed by atoms with Crippen molar-refractivity contribution in [1.82, 2.24) is 9.91 Å². The molecule has 31 heavy (non-hydrogen) atoms. The summed E-state index contributed by atoms with van der Waals surface area (Å²) in [5.74, 6) is 1.24. The Morgan fingerprint density at radius 1 is 1.16 bits per heavy atom. The summed E-state index contributed by atoms with van der Waals surface area (Å²) in [6, 6.07) is 9.33. The first-order valence-corrected chi connectivity index (χ1v) is 12.7. The summed E-state index contributed by atoms with van der Waals surface area (Å²) < 4.78 is 34.2. The van der Waals surface area contributed by atoms with Crippen LogP contribution in [0.15, 0.2) is 40.8 Å². The van der Waals surface area contributed by atoms with Crippen molar-refractivity contribution in [2.45, 2.75) is 12.5 Å². The second-order valence-corrected chi connectivity index (χ2v) is 10.8. The minimum absolute atomic E-state index is 0.0864. The largest absolute Gasteiger partial charge is 0.493 e. The highest BCUT2D eigenvalue weighted by Gasteiger charge is 2.35. The standard InChI is InChI=1S/C21H25N3O5S2/c1-28-18-6-5-15(12-19(18)29-2)17-13-16(20-4-3-9-30-20)22-24(17)21(25)14-23-7-10-31(26,27)11-8-23/h3-6,9,12,17H,7-8,10-11,13-14H2,1-2H3. The minimum Gasteiger partial charge on any atom is -0.493 e. The van der Waals surface area contributed by atoms with Crippen LogP contribution in [0.2, 0.25) is 0 Å². The number of methoxy groups -OCH3 is 2. The molecule has 1 aromatic heterocycles. The minimum atomic E-state index is -3.00. The lowest BCUT2D eigenvalue weighted by molar-refractivity contribution is -0.134. The number of nitrogens with zero attached hydrogens (tertiary/aromatic N) is 3. The van der Waals surface area contributed by atoms with Crippen molar-refractivity contribution in [1.29, 1.82) is 0 Å². The van der Waals surface area contributed by atoms with Crippen LogP contribution in [0, 0.1) is 0 Å². The molecule has 10 heteroatoms. The number of sulfone groups is 1. The number of benzene rings is 1. The highest BCUT2D eigenvalue weighted by molar-refractivity contribution is 7.91. The summed E-state index contributed by atoms with van der Waals surface area (Å²) in [5, 5.41) is 8.20. The molecule has 2 aliphatic rings. The monoisotopic (exact) mass is 463 g/mol. The number of hydrogen-bond acceptors (Lipinski definition) is 8. The van der Waals surface area contributed by atoms with Gasteiger partial charge in [0.25, 0.3) is 5.91 Å². The summed E-state index contributed by atoms with van der Waals surface area (Å²) in [6.07, 6.45) is 0.593.